The maximum absolute atomic E-state index is 12.6. The Hall–Kier alpha value is 0.110. The molecule has 0 spiro atoms. The molecule has 1 aliphatic heterocycles. The van der Waals surface area contributed by atoms with E-state index in [2.05, 4.69) is 4.90 Å². The van der Waals surface area contributed by atoms with Gasteiger partial charge in [-0.1, -0.05) is 0 Å². The zero-order valence-electron chi connectivity index (χ0n) is 8.19. The highest BCUT2D eigenvalue weighted by Crippen LogP contribution is 2.43. The van der Waals surface area contributed by atoms with Crippen LogP contribution in [0.1, 0.15) is 25.7 Å². The number of likely N-dealkylation sites (tertiary alicyclic amines) is 1. The summed E-state index contributed by atoms with van der Waals surface area (Å²) < 4.78 is 25.2. The van der Waals surface area contributed by atoms with Crippen LogP contribution in [0.4, 0.5) is 8.78 Å². The van der Waals surface area contributed by atoms with E-state index in [-0.39, 0.29) is 18.8 Å². The maximum atomic E-state index is 12.6. The molecule has 1 heterocycles. The lowest BCUT2D eigenvalue weighted by molar-refractivity contribution is -0.116. The Balaban J connectivity index is 1.76. The van der Waals surface area contributed by atoms with E-state index in [0.717, 1.165) is 19.5 Å². The molecule has 14 heavy (non-hydrogen) atoms. The molecule has 0 amide bonds. The third-order valence-electron chi connectivity index (χ3n) is 3.34. The van der Waals surface area contributed by atoms with Crippen LogP contribution in [0.25, 0.3) is 0 Å². The first-order chi connectivity index (χ1) is 6.61. The van der Waals surface area contributed by atoms with Gasteiger partial charge in [0, 0.05) is 31.3 Å². The van der Waals surface area contributed by atoms with Crippen LogP contribution in [0.2, 0.25) is 0 Å². The zero-order valence-corrected chi connectivity index (χ0v) is 8.94. The normalized spacial score (nSPS) is 33.2. The summed E-state index contributed by atoms with van der Waals surface area (Å²) in [7, 11) is 0. The van der Waals surface area contributed by atoms with E-state index in [4.69, 9.17) is 11.6 Å². The van der Waals surface area contributed by atoms with Crippen molar-refractivity contribution in [2.24, 2.45) is 5.92 Å². The lowest BCUT2D eigenvalue weighted by Gasteiger charge is -2.38. The zero-order chi connectivity index (χ0) is 10.2. The maximum Gasteiger partial charge on any atom is 0.248 e. The smallest absolute Gasteiger partial charge is 0.248 e. The fraction of sp³-hybridized carbons (Fsp3) is 1.00. The van der Waals surface area contributed by atoms with Gasteiger partial charge < -0.3 is 0 Å². The van der Waals surface area contributed by atoms with Gasteiger partial charge in [-0.05, 0) is 25.3 Å². The lowest BCUT2D eigenvalue weighted by atomic mass is 9.81. The van der Waals surface area contributed by atoms with Crippen LogP contribution < -0.4 is 0 Å². The van der Waals surface area contributed by atoms with Gasteiger partial charge >= 0.3 is 0 Å². The van der Waals surface area contributed by atoms with E-state index >= 15 is 0 Å². The van der Waals surface area contributed by atoms with E-state index in [0.29, 0.717) is 11.9 Å². The minimum Gasteiger partial charge on any atom is -0.299 e. The van der Waals surface area contributed by atoms with E-state index in [1.807, 2.05) is 0 Å². The molecule has 1 aliphatic carbocycles. The highest BCUT2D eigenvalue weighted by atomic mass is 35.5. The van der Waals surface area contributed by atoms with Gasteiger partial charge in [-0.15, -0.1) is 11.6 Å². The summed E-state index contributed by atoms with van der Waals surface area (Å²) in [6, 6.07) is 0.436. The summed E-state index contributed by atoms with van der Waals surface area (Å²) in [4.78, 5) is 2.28. The van der Waals surface area contributed by atoms with Crippen LogP contribution in [0, 0.1) is 5.92 Å². The number of alkyl halides is 3. The molecule has 4 heteroatoms. The molecule has 1 unspecified atom stereocenters. The fourth-order valence-corrected chi connectivity index (χ4v) is 2.91. The molecule has 0 aromatic rings. The largest absolute Gasteiger partial charge is 0.299 e. The number of rotatable bonds is 3. The Bertz CT molecular complexity index is 202. The summed E-state index contributed by atoms with van der Waals surface area (Å²) >= 11 is 5.81. The molecule has 0 aromatic heterocycles. The Morgan fingerprint density at radius 3 is 2.64 bits per heavy atom. The minimum atomic E-state index is -2.37. The summed E-state index contributed by atoms with van der Waals surface area (Å²) in [6.07, 6.45) is 2.46. The van der Waals surface area contributed by atoms with Crippen molar-refractivity contribution in [2.45, 2.75) is 37.6 Å². The minimum absolute atomic E-state index is 0.0819. The molecule has 1 nitrogen and oxygen atoms in total. The summed E-state index contributed by atoms with van der Waals surface area (Å²) in [5.41, 5.74) is 0. The second-order valence-corrected chi connectivity index (χ2v) is 4.88. The molecule has 2 rings (SSSR count). The van der Waals surface area contributed by atoms with Gasteiger partial charge in [0.2, 0.25) is 5.92 Å². The van der Waals surface area contributed by atoms with Gasteiger partial charge in [0.1, 0.15) is 0 Å². The number of nitrogens with zero attached hydrogens (tertiary/aromatic N) is 1. The van der Waals surface area contributed by atoms with E-state index in [1.54, 1.807) is 0 Å². The van der Waals surface area contributed by atoms with Crippen LogP contribution in [0.15, 0.2) is 0 Å². The Labute approximate surface area is 88.4 Å². The Kier molecular flexibility index (Phi) is 2.98. The van der Waals surface area contributed by atoms with Gasteiger partial charge in [0.05, 0.1) is 0 Å². The number of halogens is 3. The first-order valence-corrected chi connectivity index (χ1v) is 5.82. The average molecular weight is 224 g/mol. The molecule has 0 N–H and O–H groups in total. The van der Waals surface area contributed by atoms with Gasteiger partial charge in [0.15, 0.2) is 0 Å². The molecule has 0 aromatic carbocycles. The Morgan fingerprint density at radius 2 is 2.07 bits per heavy atom. The average Bonchev–Trinajstić information content (AvgIpc) is 2.48. The third-order valence-corrected chi connectivity index (χ3v) is 3.70. The van der Waals surface area contributed by atoms with Gasteiger partial charge in [-0.2, -0.15) is 0 Å². The van der Waals surface area contributed by atoms with E-state index < -0.39 is 5.92 Å². The highest BCUT2D eigenvalue weighted by molar-refractivity contribution is 6.18. The van der Waals surface area contributed by atoms with Gasteiger partial charge in [0.25, 0.3) is 0 Å². The van der Waals surface area contributed by atoms with Crippen molar-refractivity contribution >= 4 is 11.6 Å². The fourth-order valence-electron chi connectivity index (χ4n) is 2.56. The summed E-state index contributed by atoms with van der Waals surface area (Å²) in [5.74, 6) is -1.53. The quantitative estimate of drug-likeness (QED) is 0.665. The number of hydrogen-bond donors (Lipinski definition) is 0. The van der Waals surface area contributed by atoms with Gasteiger partial charge in [-0.3, -0.25) is 4.90 Å². The summed E-state index contributed by atoms with van der Waals surface area (Å²) in [5, 5.41) is 0. The molecular formula is C10H16ClF2N. The first-order valence-electron chi connectivity index (χ1n) is 5.28. The molecule has 1 saturated carbocycles. The highest BCUT2D eigenvalue weighted by Gasteiger charge is 2.46. The molecule has 2 aliphatic rings. The van der Waals surface area contributed by atoms with Crippen LogP contribution >= 0.6 is 11.6 Å². The van der Waals surface area contributed by atoms with Gasteiger partial charge in [-0.25, -0.2) is 8.78 Å². The van der Waals surface area contributed by atoms with Crippen molar-refractivity contribution in [1.82, 2.24) is 4.90 Å². The van der Waals surface area contributed by atoms with Crippen LogP contribution in [0.5, 0.6) is 0 Å². The van der Waals surface area contributed by atoms with Crippen molar-refractivity contribution in [3.8, 4) is 0 Å². The molecule has 0 radical (unpaired) electrons. The standard InChI is InChI=1S/C10H16ClF2N/c11-6-9-2-1-3-14(9)7-8-4-10(12,13)5-8/h8-9H,1-7H2. The van der Waals surface area contributed by atoms with Crippen molar-refractivity contribution < 1.29 is 8.78 Å². The van der Waals surface area contributed by atoms with E-state index in [1.165, 1.54) is 6.42 Å². The molecule has 82 valence electrons. The summed E-state index contributed by atoms with van der Waals surface area (Å²) in [6.45, 7) is 1.87. The second kappa shape index (κ2) is 3.93. The molecule has 1 atom stereocenters. The Morgan fingerprint density at radius 1 is 1.36 bits per heavy atom. The molecular weight excluding hydrogens is 208 g/mol. The predicted octanol–water partition coefficient (Wildman–Crippen LogP) is 2.73. The van der Waals surface area contributed by atoms with E-state index in [9.17, 15) is 8.78 Å². The third kappa shape index (κ3) is 2.19. The SMILES string of the molecule is FC1(F)CC(CN2CCCC2CCl)C1. The molecule has 2 fully saturated rings. The number of hydrogen-bond acceptors (Lipinski definition) is 1. The van der Waals surface area contributed by atoms with Crippen molar-refractivity contribution in [1.29, 1.82) is 0 Å². The molecule has 0 bridgehead atoms. The molecule has 1 saturated heterocycles. The van der Waals surface area contributed by atoms with Crippen molar-refractivity contribution in [2.75, 3.05) is 19.0 Å². The lowest BCUT2D eigenvalue weighted by Crippen LogP contribution is -2.44. The van der Waals surface area contributed by atoms with Crippen molar-refractivity contribution in [3.05, 3.63) is 0 Å². The first kappa shape index (κ1) is 10.6. The van der Waals surface area contributed by atoms with Crippen LogP contribution in [0.3, 0.4) is 0 Å². The predicted molar refractivity (Wildman–Crippen MR) is 53.0 cm³/mol. The van der Waals surface area contributed by atoms with Crippen LogP contribution in [-0.2, 0) is 0 Å². The topological polar surface area (TPSA) is 3.24 Å². The van der Waals surface area contributed by atoms with Crippen molar-refractivity contribution in [3.63, 3.8) is 0 Å². The van der Waals surface area contributed by atoms with Crippen LogP contribution in [-0.4, -0.2) is 35.8 Å². The second-order valence-electron chi connectivity index (χ2n) is 4.58. The monoisotopic (exact) mass is 223 g/mol.